The van der Waals surface area contributed by atoms with Crippen molar-refractivity contribution in [2.75, 3.05) is 32.2 Å². The fourth-order valence-electron chi connectivity index (χ4n) is 3.25. The molecule has 27 heavy (non-hydrogen) atoms. The summed E-state index contributed by atoms with van der Waals surface area (Å²) in [6.45, 7) is 2.07. The summed E-state index contributed by atoms with van der Waals surface area (Å²) in [5, 5.41) is 6.19. The minimum absolute atomic E-state index is 0.192. The molecule has 140 valence electrons. The quantitative estimate of drug-likeness (QED) is 0.818. The number of hydrogen-bond acceptors (Lipinski definition) is 5. The topological polar surface area (TPSA) is 68.8 Å². The zero-order valence-corrected chi connectivity index (χ0v) is 15.2. The molecule has 2 aromatic carbocycles. The van der Waals surface area contributed by atoms with Gasteiger partial charge in [0.15, 0.2) is 11.5 Å². The lowest BCUT2D eigenvalue weighted by Gasteiger charge is -2.23. The monoisotopic (exact) mass is 366 g/mol. The van der Waals surface area contributed by atoms with Gasteiger partial charge in [-0.05, 0) is 48.4 Å². The van der Waals surface area contributed by atoms with Gasteiger partial charge in [-0.15, -0.1) is 0 Å². The van der Waals surface area contributed by atoms with Crippen molar-refractivity contribution in [1.29, 1.82) is 0 Å². The number of carbonyl (C=O) groups excluding carboxylic acids is 1. The van der Waals surface area contributed by atoms with Gasteiger partial charge in [-0.3, -0.25) is 4.79 Å². The van der Waals surface area contributed by atoms with Crippen LogP contribution in [0.3, 0.4) is 0 Å². The number of anilines is 1. The minimum Gasteiger partial charge on any atom is -0.497 e. The highest BCUT2D eigenvalue weighted by molar-refractivity contribution is 6.04. The Bertz CT molecular complexity index is 874. The number of benzene rings is 2. The van der Waals surface area contributed by atoms with Gasteiger partial charge in [-0.1, -0.05) is 0 Å². The van der Waals surface area contributed by atoms with Crippen molar-refractivity contribution in [2.45, 2.75) is 12.8 Å². The predicted molar refractivity (Wildman–Crippen MR) is 103 cm³/mol. The van der Waals surface area contributed by atoms with Gasteiger partial charge in [0.25, 0.3) is 0 Å². The highest BCUT2D eigenvalue weighted by Crippen LogP contribution is 2.36. The van der Waals surface area contributed by atoms with Crippen molar-refractivity contribution in [3.63, 3.8) is 0 Å². The molecule has 0 unspecified atom stereocenters. The van der Waals surface area contributed by atoms with Crippen LogP contribution in [0.5, 0.6) is 17.2 Å². The lowest BCUT2D eigenvalue weighted by Crippen LogP contribution is -2.24. The Kier molecular flexibility index (Phi) is 4.87. The number of ether oxygens (including phenoxy) is 3. The van der Waals surface area contributed by atoms with Gasteiger partial charge >= 0.3 is 0 Å². The van der Waals surface area contributed by atoms with E-state index in [1.807, 2.05) is 36.4 Å². The predicted octanol–water partition coefficient (Wildman–Crippen LogP) is 2.98. The van der Waals surface area contributed by atoms with E-state index >= 15 is 0 Å². The molecule has 2 N–H and O–H groups in total. The van der Waals surface area contributed by atoms with Crippen LogP contribution >= 0.6 is 0 Å². The number of rotatable bonds is 3. The Morgan fingerprint density at radius 1 is 1.15 bits per heavy atom. The third-order valence-electron chi connectivity index (χ3n) is 4.61. The van der Waals surface area contributed by atoms with Crippen LogP contribution in [-0.4, -0.2) is 32.8 Å². The average molecular weight is 366 g/mol. The molecular weight excluding hydrogens is 344 g/mol. The van der Waals surface area contributed by atoms with Crippen LogP contribution in [0.15, 0.2) is 42.5 Å². The second-order valence-corrected chi connectivity index (χ2v) is 6.46. The van der Waals surface area contributed by atoms with Crippen molar-refractivity contribution >= 4 is 17.3 Å². The molecular formula is C21H22N2O4. The van der Waals surface area contributed by atoms with Gasteiger partial charge in [0.1, 0.15) is 5.75 Å². The SMILES string of the molecule is COc1ccc(NC(=O)C=C2NCCc3cc4c(cc32)OCCCO4)cc1. The summed E-state index contributed by atoms with van der Waals surface area (Å²) in [6.07, 6.45) is 3.33. The van der Waals surface area contributed by atoms with Crippen molar-refractivity contribution in [1.82, 2.24) is 5.32 Å². The number of carbonyl (C=O) groups is 1. The fraction of sp³-hybridized carbons (Fsp3) is 0.286. The van der Waals surface area contributed by atoms with Gasteiger partial charge in [-0.25, -0.2) is 0 Å². The Labute approximate surface area is 158 Å². The van der Waals surface area contributed by atoms with Gasteiger partial charge < -0.3 is 24.8 Å². The fourth-order valence-corrected chi connectivity index (χ4v) is 3.25. The number of methoxy groups -OCH3 is 1. The first-order valence-electron chi connectivity index (χ1n) is 9.06. The molecule has 0 atom stereocenters. The molecule has 0 radical (unpaired) electrons. The molecule has 6 heteroatoms. The van der Waals surface area contributed by atoms with E-state index < -0.39 is 0 Å². The molecule has 6 nitrogen and oxygen atoms in total. The van der Waals surface area contributed by atoms with Crippen LogP contribution in [0.2, 0.25) is 0 Å². The van der Waals surface area contributed by atoms with Crippen LogP contribution < -0.4 is 24.8 Å². The number of amides is 1. The smallest absolute Gasteiger partial charge is 0.250 e. The number of fused-ring (bicyclic) bond motifs is 2. The van der Waals surface area contributed by atoms with E-state index in [1.54, 1.807) is 13.2 Å². The standard InChI is InChI=1S/C21H22N2O4/c1-25-16-5-3-15(4-6-16)23-21(24)13-18-17-12-20-19(26-9-2-10-27-20)11-14(17)7-8-22-18/h3-6,11-13,22H,2,7-10H2,1H3,(H,23,24). The molecule has 0 bridgehead atoms. The van der Waals surface area contributed by atoms with Crippen molar-refractivity contribution in [3.05, 3.63) is 53.6 Å². The zero-order chi connectivity index (χ0) is 18.6. The number of hydrogen-bond donors (Lipinski definition) is 2. The molecule has 0 saturated heterocycles. The van der Waals surface area contributed by atoms with Crippen LogP contribution in [0, 0.1) is 0 Å². The van der Waals surface area contributed by atoms with E-state index in [2.05, 4.69) is 10.6 Å². The highest BCUT2D eigenvalue weighted by atomic mass is 16.5. The second kappa shape index (κ2) is 7.61. The largest absolute Gasteiger partial charge is 0.497 e. The van der Waals surface area contributed by atoms with Crippen molar-refractivity contribution in [2.24, 2.45) is 0 Å². The third kappa shape index (κ3) is 3.84. The highest BCUT2D eigenvalue weighted by Gasteiger charge is 2.20. The summed E-state index contributed by atoms with van der Waals surface area (Å²) < 4.78 is 16.7. The molecule has 2 aromatic rings. The van der Waals surface area contributed by atoms with Gasteiger partial charge in [-0.2, -0.15) is 0 Å². The summed E-state index contributed by atoms with van der Waals surface area (Å²) in [7, 11) is 1.61. The molecule has 1 amide bonds. The average Bonchev–Trinajstić information content (AvgIpc) is 2.92. The molecule has 0 fully saturated rings. The lowest BCUT2D eigenvalue weighted by molar-refractivity contribution is -0.111. The summed E-state index contributed by atoms with van der Waals surface area (Å²) in [4.78, 5) is 12.5. The van der Waals surface area contributed by atoms with E-state index in [-0.39, 0.29) is 5.91 Å². The maximum atomic E-state index is 12.5. The molecule has 2 heterocycles. The molecule has 0 spiro atoms. The van der Waals surface area contributed by atoms with Crippen LogP contribution in [0.4, 0.5) is 5.69 Å². The summed E-state index contributed by atoms with van der Waals surface area (Å²) in [5.74, 6) is 2.08. The normalized spacial score (nSPS) is 16.7. The molecule has 2 aliphatic heterocycles. The van der Waals surface area contributed by atoms with E-state index in [9.17, 15) is 4.79 Å². The van der Waals surface area contributed by atoms with Gasteiger partial charge in [0, 0.05) is 36.0 Å². The molecule has 0 aliphatic carbocycles. The molecule has 0 saturated carbocycles. The zero-order valence-electron chi connectivity index (χ0n) is 15.2. The first kappa shape index (κ1) is 17.3. The maximum absolute atomic E-state index is 12.5. The van der Waals surface area contributed by atoms with E-state index in [1.165, 1.54) is 0 Å². The van der Waals surface area contributed by atoms with Gasteiger partial charge in [0.05, 0.1) is 20.3 Å². The first-order valence-corrected chi connectivity index (χ1v) is 9.06. The Balaban J connectivity index is 1.57. The van der Waals surface area contributed by atoms with Crippen molar-refractivity contribution < 1.29 is 19.0 Å². The summed E-state index contributed by atoms with van der Waals surface area (Å²) >= 11 is 0. The maximum Gasteiger partial charge on any atom is 0.250 e. The van der Waals surface area contributed by atoms with Gasteiger partial charge in [0.2, 0.25) is 5.91 Å². The van der Waals surface area contributed by atoms with Crippen LogP contribution in [0.1, 0.15) is 17.5 Å². The van der Waals surface area contributed by atoms with Crippen LogP contribution in [0.25, 0.3) is 5.70 Å². The van der Waals surface area contributed by atoms with E-state index in [0.717, 1.165) is 53.5 Å². The van der Waals surface area contributed by atoms with Crippen molar-refractivity contribution in [3.8, 4) is 17.2 Å². The molecule has 2 aliphatic rings. The minimum atomic E-state index is -0.192. The Hall–Kier alpha value is -3.15. The summed E-state index contributed by atoms with van der Waals surface area (Å²) in [5.41, 5.74) is 3.64. The van der Waals surface area contributed by atoms with E-state index in [0.29, 0.717) is 18.9 Å². The summed E-state index contributed by atoms with van der Waals surface area (Å²) in [6, 6.07) is 11.2. The van der Waals surface area contributed by atoms with E-state index in [4.69, 9.17) is 14.2 Å². The second-order valence-electron chi connectivity index (χ2n) is 6.46. The lowest BCUT2D eigenvalue weighted by atomic mass is 9.96. The Morgan fingerprint density at radius 2 is 1.89 bits per heavy atom. The number of nitrogens with one attached hydrogen (secondary N) is 2. The first-order chi connectivity index (χ1) is 13.2. The Morgan fingerprint density at radius 3 is 2.63 bits per heavy atom. The molecule has 0 aromatic heterocycles. The molecule has 4 rings (SSSR count). The third-order valence-corrected chi connectivity index (χ3v) is 4.61. The van der Waals surface area contributed by atoms with Crippen LogP contribution in [-0.2, 0) is 11.2 Å².